The van der Waals surface area contributed by atoms with Crippen molar-refractivity contribution >= 4 is 35.1 Å². The summed E-state index contributed by atoms with van der Waals surface area (Å²) in [5.74, 6) is -3.19. The molecule has 0 amide bonds. The fourth-order valence-corrected chi connectivity index (χ4v) is 7.25. The van der Waals surface area contributed by atoms with Crippen LogP contribution < -0.4 is 0 Å². The first-order valence-corrected chi connectivity index (χ1v) is 21.9. The lowest BCUT2D eigenvalue weighted by atomic mass is 9.91. The lowest BCUT2D eigenvalue weighted by molar-refractivity contribution is -0.156. The first-order chi connectivity index (χ1) is 31.1. The van der Waals surface area contributed by atoms with Gasteiger partial charge in [0, 0.05) is 35.3 Å². The fourth-order valence-electron chi connectivity index (χ4n) is 7.25. The van der Waals surface area contributed by atoms with E-state index in [1.807, 2.05) is 23.9 Å². The summed E-state index contributed by atoms with van der Waals surface area (Å²) in [6, 6.07) is 26.2. The highest BCUT2D eigenvalue weighted by Gasteiger charge is 2.30. The molecule has 15 heteroatoms. The number of carbonyl (C=O) groups is 6. The number of likely N-dealkylation sites (N-methyl/N-ethyl adjacent to an activating group) is 2. The summed E-state index contributed by atoms with van der Waals surface area (Å²) in [5.41, 5.74) is -1.84. The van der Waals surface area contributed by atoms with Gasteiger partial charge in [0.05, 0.1) is 12.1 Å². The molecule has 0 saturated carbocycles. The van der Waals surface area contributed by atoms with Gasteiger partial charge in [-0.05, 0) is 91.7 Å². The van der Waals surface area contributed by atoms with E-state index in [4.69, 9.17) is 14.2 Å². The Morgan fingerprint density at radius 3 is 0.821 bits per heavy atom. The smallest absolute Gasteiger partial charge is 0.332 e. The Morgan fingerprint density at radius 1 is 0.418 bits per heavy atom. The Bertz CT molecular complexity index is 2040. The van der Waals surface area contributed by atoms with Crippen molar-refractivity contribution in [2.24, 2.45) is 0 Å². The second-order valence-electron chi connectivity index (χ2n) is 18.7. The molecule has 15 nitrogen and oxygen atoms in total. The van der Waals surface area contributed by atoms with Crippen LogP contribution in [0.1, 0.15) is 131 Å². The molecular formula is C52H64N2O13. The third-order valence-corrected chi connectivity index (χ3v) is 10.9. The molecule has 0 heterocycles. The van der Waals surface area contributed by atoms with Gasteiger partial charge in [0.1, 0.15) is 48.8 Å². The van der Waals surface area contributed by atoms with Gasteiger partial charge in [0.25, 0.3) is 0 Å². The van der Waals surface area contributed by atoms with Gasteiger partial charge in [0.2, 0.25) is 0 Å². The Balaban J connectivity index is 1.33. The zero-order valence-electron chi connectivity index (χ0n) is 40.0. The Kier molecular flexibility index (Phi) is 18.0. The Morgan fingerprint density at radius 2 is 0.627 bits per heavy atom. The largest absolute Gasteiger partial charge is 0.463 e. The minimum atomic E-state index is -1.56. The molecular weight excluding hydrogens is 861 g/mol. The maximum atomic E-state index is 12.7. The standard InChI is InChI=1S/C52H64N2O13/c1-49(2,61)45(57)37-19-11-33(12-20-37)43(34-13-21-38(22-14-34)46(58)50(3,4)62)53(9)27-29-66-41(55)31-65-32-42(56)67-30-28-54(10)44(35-15-23-39(24-16-35)47(59)51(5,6)63)36-17-25-40(26-18-36)48(60)52(7,8)64/h11-26,43-44,61-64H,27-32H2,1-10H3. The van der Waals surface area contributed by atoms with Crippen molar-refractivity contribution in [1.29, 1.82) is 0 Å². The quantitative estimate of drug-likeness (QED) is 0.0515. The molecule has 0 unspecified atom stereocenters. The van der Waals surface area contributed by atoms with Crippen LogP contribution in [-0.4, -0.2) is 141 Å². The van der Waals surface area contributed by atoms with Gasteiger partial charge in [-0.15, -0.1) is 0 Å². The monoisotopic (exact) mass is 924 g/mol. The number of ketones is 4. The highest BCUT2D eigenvalue weighted by atomic mass is 16.6. The number of esters is 2. The van der Waals surface area contributed by atoms with E-state index in [0.717, 1.165) is 22.3 Å². The van der Waals surface area contributed by atoms with E-state index in [1.165, 1.54) is 55.4 Å². The van der Waals surface area contributed by atoms with E-state index in [0.29, 0.717) is 22.3 Å². The minimum Gasteiger partial charge on any atom is -0.463 e. The van der Waals surface area contributed by atoms with Crippen LogP contribution in [-0.2, 0) is 23.8 Å². The summed E-state index contributed by atoms with van der Waals surface area (Å²) >= 11 is 0. The zero-order valence-corrected chi connectivity index (χ0v) is 40.0. The lowest BCUT2D eigenvalue weighted by Gasteiger charge is -2.29. The zero-order chi connectivity index (χ0) is 50.1. The normalized spacial score (nSPS) is 12.4. The number of hydrogen-bond acceptors (Lipinski definition) is 15. The van der Waals surface area contributed by atoms with Gasteiger partial charge in [-0.25, -0.2) is 9.59 Å². The number of aliphatic hydroxyl groups is 4. The summed E-state index contributed by atoms with van der Waals surface area (Å²) in [7, 11) is 3.62. The van der Waals surface area contributed by atoms with Crippen LogP contribution in [0.5, 0.6) is 0 Å². The number of hydrogen-bond donors (Lipinski definition) is 4. The molecule has 0 aromatic heterocycles. The topological polar surface area (TPSA) is 218 Å². The van der Waals surface area contributed by atoms with Crippen LogP contribution in [0.2, 0.25) is 0 Å². The number of carbonyl (C=O) groups excluding carboxylic acids is 6. The third-order valence-electron chi connectivity index (χ3n) is 10.9. The Labute approximate surface area is 392 Å². The molecule has 0 aliphatic carbocycles. The van der Waals surface area contributed by atoms with Crippen LogP contribution in [0.25, 0.3) is 0 Å². The van der Waals surface area contributed by atoms with E-state index >= 15 is 0 Å². The summed E-state index contributed by atoms with van der Waals surface area (Å²) in [4.78, 5) is 79.9. The van der Waals surface area contributed by atoms with Crippen molar-refractivity contribution in [3.8, 4) is 0 Å². The predicted molar refractivity (Wildman–Crippen MR) is 250 cm³/mol. The SMILES string of the molecule is CN(CCOC(=O)COCC(=O)OCCN(C)C(c1ccc(C(=O)C(C)(C)O)cc1)c1ccc(C(=O)C(C)(C)O)cc1)C(c1ccc(C(=O)C(C)(C)O)cc1)c1ccc(C(=O)C(C)(C)O)cc1. The first kappa shape index (κ1) is 53.8. The van der Waals surface area contributed by atoms with Crippen LogP contribution in [0.15, 0.2) is 97.1 Å². The number of nitrogens with zero attached hydrogens (tertiary/aromatic N) is 2. The molecule has 0 atom stereocenters. The molecule has 0 bridgehead atoms. The first-order valence-electron chi connectivity index (χ1n) is 21.9. The molecule has 4 aromatic carbocycles. The summed E-state index contributed by atoms with van der Waals surface area (Å²) in [6.45, 7) is 10.7. The van der Waals surface area contributed by atoms with Crippen LogP contribution in [0.3, 0.4) is 0 Å². The third kappa shape index (κ3) is 15.1. The van der Waals surface area contributed by atoms with E-state index < -0.39 is 82.8 Å². The molecule has 4 N–H and O–H groups in total. The summed E-state index contributed by atoms with van der Waals surface area (Å²) < 4.78 is 16.1. The number of rotatable bonds is 24. The van der Waals surface area contributed by atoms with Crippen molar-refractivity contribution in [2.45, 2.75) is 89.9 Å². The average Bonchev–Trinajstić information content (AvgIpc) is 3.25. The Hall–Kier alpha value is -5.78. The fraction of sp³-hybridized carbons (Fsp3) is 0.423. The molecule has 0 spiro atoms. The molecule has 4 rings (SSSR count). The van der Waals surface area contributed by atoms with Crippen LogP contribution >= 0.6 is 0 Å². The number of ether oxygens (including phenoxy) is 3. The molecule has 0 aliphatic heterocycles. The number of benzene rings is 4. The van der Waals surface area contributed by atoms with E-state index in [9.17, 15) is 49.2 Å². The average molecular weight is 925 g/mol. The van der Waals surface area contributed by atoms with Gasteiger partial charge in [0.15, 0.2) is 23.1 Å². The molecule has 0 aliphatic rings. The second kappa shape index (κ2) is 22.3. The molecule has 360 valence electrons. The van der Waals surface area contributed by atoms with Gasteiger partial charge in [-0.1, -0.05) is 97.1 Å². The molecule has 0 radical (unpaired) electrons. The molecule has 4 aromatic rings. The van der Waals surface area contributed by atoms with Crippen LogP contribution in [0, 0.1) is 0 Å². The van der Waals surface area contributed by atoms with E-state index in [1.54, 1.807) is 97.1 Å². The highest BCUT2D eigenvalue weighted by Crippen LogP contribution is 2.31. The van der Waals surface area contributed by atoms with Crippen molar-refractivity contribution in [3.05, 3.63) is 142 Å². The summed E-state index contributed by atoms with van der Waals surface area (Å²) in [6.07, 6.45) is 0. The molecule has 67 heavy (non-hydrogen) atoms. The maximum Gasteiger partial charge on any atom is 0.332 e. The van der Waals surface area contributed by atoms with Crippen molar-refractivity contribution < 1.29 is 63.4 Å². The maximum absolute atomic E-state index is 12.7. The van der Waals surface area contributed by atoms with Gasteiger partial charge in [-0.2, -0.15) is 0 Å². The van der Waals surface area contributed by atoms with E-state index in [-0.39, 0.29) is 26.3 Å². The minimum absolute atomic E-state index is 0.0470. The van der Waals surface area contributed by atoms with Crippen molar-refractivity contribution in [2.75, 3.05) is 53.6 Å². The lowest BCUT2D eigenvalue weighted by Crippen LogP contribution is -2.32. The summed E-state index contributed by atoms with van der Waals surface area (Å²) in [5, 5.41) is 40.9. The predicted octanol–water partition coefficient (Wildman–Crippen LogP) is 5.35. The number of Topliss-reactive ketones (excluding diaryl/α,β-unsaturated/α-hetero) is 4. The molecule has 0 fully saturated rings. The molecule has 0 saturated heterocycles. The van der Waals surface area contributed by atoms with Crippen molar-refractivity contribution in [3.63, 3.8) is 0 Å². The van der Waals surface area contributed by atoms with Gasteiger partial charge < -0.3 is 34.6 Å². The van der Waals surface area contributed by atoms with Crippen LogP contribution in [0.4, 0.5) is 0 Å². The highest BCUT2D eigenvalue weighted by molar-refractivity contribution is 6.03. The second-order valence-corrected chi connectivity index (χ2v) is 18.7. The van der Waals surface area contributed by atoms with E-state index in [2.05, 4.69) is 0 Å². The van der Waals surface area contributed by atoms with Gasteiger partial charge in [-0.3, -0.25) is 29.0 Å². The van der Waals surface area contributed by atoms with Gasteiger partial charge >= 0.3 is 11.9 Å². The van der Waals surface area contributed by atoms with Crippen molar-refractivity contribution in [1.82, 2.24) is 9.80 Å².